The van der Waals surface area contributed by atoms with E-state index in [4.69, 9.17) is 11.6 Å². The lowest BCUT2D eigenvalue weighted by atomic mass is 10.2. The molecule has 0 aliphatic rings. The van der Waals surface area contributed by atoms with Crippen LogP contribution in [0.3, 0.4) is 0 Å². The van der Waals surface area contributed by atoms with Gasteiger partial charge in [0.1, 0.15) is 0 Å². The van der Waals surface area contributed by atoms with E-state index in [0.717, 1.165) is 5.56 Å². The predicted octanol–water partition coefficient (Wildman–Crippen LogP) is 4.09. The normalized spacial score (nSPS) is 12.0. The lowest BCUT2D eigenvalue weighted by Gasteiger charge is -2.10. The molecule has 1 aromatic heterocycles. The van der Waals surface area contributed by atoms with Crippen molar-refractivity contribution in [3.8, 4) is 0 Å². The van der Waals surface area contributed by atoms with Crippen molar-refractivity contribution in [3.05, 3.63) is 75.5 Å². The number of fused-ring (bicyclic) bond motifs is 1. The molecule has 0 saturated heterocycles. The molecular formula is C19H17ClN4O. The van der Waals surface area contributed by atoms with Crippen molar-refractivity contribution < 1.29 is 0 Å². The van der Waals surface area contributed by atoms with E-state index < -0.39 is 0 Å². The fourth-order valence-electron chi connectivity index (χ4n) is 2.44. The lowest BCUT2D eigenvalue weighted by Crippen LogP contribution is -2.23. The number of allylic oxidation sites excluding steroid dienone is 1. The van der Waals surface area contributed by atoms with Crippen molar-refractivity contribution in [1.82, 2.24) is 9.55 Å². The highest BCUT2D eigenvalue weighted by Gasteiger charge is 2.08. The molecule has 0 aliphatic carbocycles. The molecule has 0 radical (unpaired) electrons. The van der Waals surface area contributed by atoms with E-state index in [9.17, 15) is 4.79 Å². The Kier molecular flexibility index (Phi) is 5.26. The maximum Gasteiger partial charge on any atom is 0.262 e. The quantitative estimate of drug-likeness (QED) is 0.555. The number of hydrazone groups is 1. The van der Waals surface area contributed by atoms with Crippen molar-refractivity contribution >= 4 is 40.7 Å². The molecule has 6 heteroatoms. The van der Waals surface area contributed by atoms with Crippen LogP contribution >= 0.6 is 11.6 Å². The topological polar surface area (TPSA) is 59.3 Å². The van der Waals surface area contributed by atoms with Crippen molar-refractivity contribution in [3.63, 3.8) is 0 Å². The van der Waals surface area contributed by atoms with E-state index in [1.54, 1.807) is 18.2 Å². The molecule has 3 aromatic rings. The smallest absolute Gasteiger partial charge is 0.262 e. The van der Waals surface area contributed by atoms with Crippen molar-refractivity contribution in [2.45, 2.75) is 13.5 Å². The minimum atomic E-state index is -0.100. The van der Waals surface area contributed by atoms with Crippen molar-refractivity contribution in [2.24, 2.45) is 5.10 Å². The zero-order valence-corrected chi connectivity index (χ0v) is 14.4. The third kappa shape index (κ3) is 3.95. The third-order valence-corrected chi connectivity index (χ3v) is 3.84. The van der Waals surface area contributed by atoms with E-state index in [2.05, 4.69) is 15.5 Å². The number of aromatic nitrogens is 2. The van der Waals surface area contributed by atoms with Gasteiger partial charge in [-0.1, -0.05) is 54.1 Å². The SMILES string of the molecule is CCn1c(N/N=C\C(Cl)=C\c2ccccc2)nc2ccccc2c1=O. The number of halogens is 1. The molecule has 0 bridgehead atoms. The average molecular weight is 353 g/mol. The summed E-state index contributed by atoms with van der Waals surface area (Å²) in [5.41, 5.74) is 4.32. The molecule has 1 heterocycles. The Morgan fingerprint density at radius 1 is 1.20 bits per heavy atom. The van der Waals surface area contributed by atoms with Gasteiger partial charge in [-0.15, -0.1) is 0 Å². The summed E-state index contributed by atoms with van der Waals surface area (Å²) in [5.74, 6) is 0.381. The molecule has 1 N–H and O–H groups in total. The van der Waals surface area contributed by atoms with Gasteiger partial charge < -0.3 is 0 Å². The number of hydrogen-bond acceptors (Lipinski definition) is 4. The second-order valence-electron chi connectivity index (χ2n) is 5.31. The number of para-hydroxylation sites is 1. The molecule has 0 unspecified atom stereocenters. The second kappa shape index (κ2) is 7.77. The average Bonchev–Trinajstić information content (AvgIpc) is 2.63. The van der Waals surface area contributed by atoms with Gasteiger partial charge in [0, 0.05) is 6.54 Å². The third-order valence-electron chi connectivity index (χ3n) is 3.63. The van der Waals surface area contributed by atoms with Gasteiger partial charge in [0.2, 0.25) is 5.95 Å². The summed E-state index contributed by atoms with van der Waals surface area (Å²) in [4.78, 5) is 17.0. The summed E-state index contributed by atoms with van der Waals surface area (Å²) in [6.07, 6.45) is 3.28. The van der Waals surface area contributed by atoms with Crippen LogP contribution in [-0.2, 0) is 6.54 Å². The molecule has 5 nitrogen and oxygen atoms in total. The van der Waals surface area contributed by atoms with Crippen LogP contribution < -0.4 is 11.0 Å². The molecule has 0 atom stereocenters. The molecule has 2 aromatic carbocycles. The zero-order valence-electron chi connectivity index (χ0n) is 13.7. The summed E-state index contributed by atoms with van der Waals surface area (Å²) in [6.45, 7) is 2.37. The van der Waals surface area contributed by atoms with Gasteiger partial charge in [0.15, 0.2) is 0 Å². The largest absolute Gasteiger partial charge is 0.277 e. The number of rotatable bonds is 5. The van der Waals surface area contributed by atoms with Gasteiger partial charge >= 0.3 is 0 Å². The first kappa shape index (κ1) is 16.9. The molecule has 25 heavy (non-hydrogen) atoms. The Morgan fingerprint density at radius 2 is 1.92 bits per heavy atom. The Balaban J connectivity index is 1.85. The zero-order chi connectivity index (χ0) is 17.6. The van der Waals surface area contributed by atoms with Gasteiger partial charge in [0.05, 0.1) is 22.1 Å². The summed E-state index contributed by atoms with van der Waals surface area (Å²) < 4.78 is 1.54. The van der Waals surface area contributed by atoms with Crippen LogP contribution in [0.2, 0.25) is 0 Å². The van der Waals surface area contributed by atoms with Gasteiger partial charge in [-0.25, -0.2) is 10.4 Å². The van der Waals surface area contributed by atoms with Crippen LogP contribution in [0.15, 0.2) is 69.5 Å². The number of nitrogens with zero attached hydrogens (tertiary/aromatic N) is 3. The fourth-order valence-corrected chi connectivity index (χ4v) is 2.62. The minimum Gasteiger partial charge on any atom is -0.277 e. The Labute approximate surface area is 150 Å². The Hall–Kier alpha value is -2.92. The molecule has 126 valence electrons. The predicted molar refractivity (Wildman–Crippen MR) is 104 cm³/mol. The molecule has 0 fully saturated rings. The first-order valence-electron chi connectivity index (χ1n) is 7.90. The van der Waals surface area contributed by atoms with Crippen molar-refractivity contribution in [2.75, 3.05) is 5.43 Å². The molecular weight excluding hydrogens is 336 g/mol. The summed E-state index contributed by atoms with van der Waals surface area (Å²) in [6, 6.07) is 16.9. The van der Waals surface area contributed by atoms with E-state index in [1.165, 1.54) is 10.8 Å². The van der Waals surface area contributed by atoms with E-state index in [1.807, 2.05) is 49.4 Å². The van der Waals surface area contributed by atoms with E-state index in [-0.39, 0.29) is 5.56 Å². The maximum atomic E-state index is 12.5. The summed E-state index contributed by atoms with van der Waals surface area (Å²) >= 11 is 6.16. The minimum absolute atomic E-state index is 0.100. The number of benzene rings is 2. The fraction of sp³-hybridized carbons (Fsp3) is 0.105. The highest BCUT2D eigenvalue weighted by atomic mass is 35.5. The molecule has 0 amide bonds. The number of nitrogens with one attached hydrogen (secondary N) is 1. The van der Waals surface area contributed by atoms with Crippen LogP contribution in [0.1, 0.15) is 12.5 Å². The Morgan fingerprint density at radius 3 is 2.68 bits per heavy atom. The first-order valence-corrected chi connectivity index (χ1v) is 8.27. The summed E-state index contributed by atoms with van der Waals surface area (Å²) in [7, 11) is 0. The molecule has 3 rings (SSSR count). The van der Waals surface area contributed by atoms with Crippen LogP contribution in [0.4, 0.5) is 5.95 Å². The van der Waals surface area contributed by atoms with Crippen molar-refractivity contribution in [1.29, 1.82) is 0 Å². The van der Waals surface area contributed by atoms with Gasteiger partial charge in [-0.2, -0.15) is 5.10 Å². The van der Waals surface area contributed by atoms with Gasteiger partial charge in [-0.05, 0) is 30.7 Å². The summed E-state index contributed by atoms with van der Waals surface area (Å²) in [5, 5.41) is 5.14. The van der Waals surface area contributed by atoms with Gasteiger partial charge in [0.25, 0.3) is 5.56 Å². The Bertz CT molecular complexity index is 993. The standard InChI is InChI=1S/C19H17ClN4O/c1-2-24-18(25)16-10-6-7-11-17(16)22-19(24)23-21-13-15(20)12-14-8-4-3-5-9-14/h3-13H,2H2,1H3,(H,22,23)/b15-12-,21-13-. The highest BCUT2D eigenvalue weighted by Crippen LogP contribution is 2.12. The van der Waals surface area contributed by atoms with Gasteiger partial charge in [-0.3, -0.25) is 9.36 Å². The van der Waals surface area contributed by atoms with Crippen LogP contribution in [0.25, 0.3) is 17.0 Å². The lowest BCUT2D eigenvalue weighted by molar-refractivity contribution is 0.724. The van der Waals surface area contributed by atoms with Crippen LogP contribution in [0, 0.1) is 0 Å². The molecule has 0 aliphatic heterocycles. The highest BCUT2D eigenvalue weighted by molar-refractivity contribution is 6.41. The molecule has 0 saturated carbocycles. The van der Waals surface area contributed by atoms with E-state index in [0.29, 0.717) is 28.4 Å². The number of anilines is 1. The van der Waals surface area contributed by atoms with E-state index >= 15 is 0 Å². The first-order chi connectivity index (χ1) is 12.2. The number of hydrogen-bond donors (Lipinski definition) is 1. The molecule has 0 spiro atoms. The monoisotopic (exact) mass is 352 g/mol. The van der Waals surface area contributed by atoms with Crippen LogP contribution in [0.5, 0.6) is 0 Å². The van der Waals surface area contributed by atoms with Crippen LogP contribution in [-0.4, -0.2) is 15.8 Å². The maximum absolute atomic E-state index is 12.5. The second-order valence-corrected chi connectivity index (χ2v) is 5.75.